The van der Waals surface area contributed by atoms with Gasteiger partial charge in [0.15, 0.2) is 5.82 Å². The van der Waals surface area contributed by atoms with Gasteiger partial charge in [0, 0.05) is 38.1 Å². The molecule has 0 aromatic carbocycles. The number of hydrogen-bond acceptors (Lipinski definition) is 4. The zero-order valence-corrected chi connectivity index (χ0v) is 13.2. The molecular formula is C15H28N4O. The van der Waals surface area contributed by atoms with Gasteiger partial charge >= 0.3 is 0 Å². The lowest BCUT2D eigenvalue weighted by Gasteiger charge is -2.30. The topological polar surface area (TPSA) is 64.2 Å². The normalized spacial score (nSPS) is 11.3. The lowest BCUT2D eigenvalue weighted by atomic mass is 10.1. The molecule has 0 atom stereocenters. The first-order chi connectivity index (χ1) is 9.54. The number of nitrogens with zero attached hydrogens (tertiary/aromatic N) is 3. The number of rotatable bonds is 8. The van der Waals surface area contributed by atoms with Gasteiger partial charge < -0.3 is 15.2 Å². The van der Waals surface area contributed by atoms with Crippen molar-refractivity contribution >= 4 is 5.82 Å². The average Bonchev–Trinajstić information content (AvgIpc) is 2.41. The van der Waals surface area contributed by atoms with E-state index in [9.17, 15) is 4.79 Å². The van der Waals surface area contributed by atoms with Gasteiger partial charge in [-0.1, -0.05) is 27.7 Å². The van der Waals surface area contributed by atoms with E-state index in [1.165, 1.54) is 0 Å². The summed E-state index contributed by atoms with van der Waals surface area (Å²) in [6, 6.07) is 0.314. The van der Waals surface area contributed by atoms with Crippen LogP contribution in [-0.4, -0.2) is 28.7 Å². The standard InChI is InChI=1S/C15H28N4O/c1-5-13(6-2)19(9-7-16)14-15(20)18(10-8-17-14)11-12(3)4/h8,10,12-13H,5-7,9,11,16H2,1-4H3. The molecule has 0 fully saturated rings. The van der Waals surface area contributed by atoms with Gasteiger partial charge in [0.2, 0.25) is 0 Å². The number of nitrogens with two attached hydrogens (primary N) is 1. The summed E-state index contributed by atoms with van der Waals surface area (Å²) in [6.07, 6.45) is 5.44. The van der Waals surface area contributed by atoms with Crippen LogP contribution >= 0.6 is 0 Å². The van der Waals surface area contributed by atoms with Crippen LogP contribution in [0.3, 0.4) is 0 Å². The first-order valence-corrected chi connectivity index (χ1v) is 7.57. The molecule has 20 heavy (non-hydrogen) atoms. The van der Waals surface area contributed by atoms with E-state index in [0.29, 0.717) is 37.4 Å². The van der Waals surface area contributed by atoms with Crippen molar-refractivity contribution in [2.45, 2.75) is 53.1 Å². The third kappa shape index (κ3) is 4.07. The van der Waals surface area contributed by atoms with Gasteiger partial charge in [-0.15, -0.1) is 0 Å². The van der Waals surface area contributed by atoms with Crippen LogP contribution in [0, 0.1) is 5.92 Å². The van der Waals surface area contributed by atoms with Crippen LogP contribution in [0.1, 0.15) is 40.5 Å². The molecule has 1 aromatic rings. The molecule has 0 radical (unpaired) electrons. The Hall–Kier alpha value is -1.36. The molecule has 0 aliphatic rings. The van der Waals surface area contributed by atoms with E-state index >= 15 is 0 Å². The van der Waals surface area contributed by atoms with E-state index in [-0.39, 0.29) is 5.56 Å². The van der Waals surface area contributed by atoms with Crippen molar-refractivity contribution in [3.63, 3.8) is 0 Å². The van der Waals surface area contributed by atoms with E-state index in [1.807, 2.05) is 0 Å². The molecule has 114 valence electrons. The fraction of sp³-hybridized carbons (Fsp3) is 0.733. The highest BCUT2D eigenvalue weighted by Crippen LogP contribution is 2.14. The Morgan fingerprint density at radius 2 is 2.00 bits per heavy atom. The fourth-order valence-corrected chi connectivity index (χ4v) is 2.50. The summed E-state index contributed by atoms with van der Waals surface area (Å²) in [6.45, 7) is 10.4. The van der Waals surface area contributed by atoms with Crippen molar-refractivity contribution in [1.29, 1.82) is 0 Å². The minimum Gasteiger partial charge on any atom is -0.348 e. The summed E-state index contributed by atoms with van der Waals surface area (Å²) in [5, 5.41) is 0. The van der Waals surface area contributed by atoms with Crippen LogP contribution < -0.4 is 16.2 Å². The van der Waals surface area contributed by atoms with Crippen LogP contribution in [0.4, 0.5) is 5.82 Å². The summed E-state index contributed by atoms with van der Waals surface area (Å²) >= 11 is 0. The monoisotopic (exact) mass is 280 g/mol. The molecule has 1 heterocycles. The molecule has 0 unspecified atom stereocenters. The summed E-state index contributed by atoms with van der Waals surface area (Å²) in [4.78, 5) is 19.0. The lowest BCUT2D eigenvalue weighted by molar-refractivity contribution is 0.501. The molecule has 0 bridgehead atoms. The third-order valence-electron chi connectivity index (χ3n) is 3.48. The van der Waals surface area contributed by atoms with Crippen LogP contribution in [-0.2, 0) is 6.54 Å². The SMILES string of the molecule is CCC(CC)N(CCN)c1nccn(CC(C)C)c1=O. The Morgan fingerprint density at radius 1 is 1.35 bits per heavy atom. The Kier molecular flexibility index (Phi) is 6.71. The highest BCUT2D eigenvalue weighted by atomic mass is 16.1. The summed E-state index contributed by atoms with van der Waals surface area (Å²) in [7, 11) is 0. The molecule has 5 heteroatoms. The van der Waals surface area contributed by atoms with Gasteiger partial charge in [-0.3, -0.25) is 4.79 Å². The van der Waals surface area contributed by atoms with Gasteiger partial charge in [0.05, 0.1) is 0 Å². The summed E-state index contributed by atoms with van der Waals surface area (Å²) < 4.78 is 1.75. The van der Waals surface area contributed by atoms with Crippen LogP contribution in [0.25, 0.3) is 0 Å². The van der Waals surface area contributed by atoms with Crippen molar-refractivity contribution < 1.29 is 0 Å². The van der Waals surface area contributed by atoms with Crippen molar-refractivity contribution in [2.24, 2.45) is 11.7 Å². The van der Waals surface area contributed by atoms with Crippen molar-refractivity contribution in [2.75, 3.05) is 18.0 Å². The van der Waals surface area contributed by atoms with E-state index in [2.05, 4.69) is 37.6 Å². The maximum absolute atomic E-state index is 12.6. The Morgan fingerprint density at radius 3 is 2.50 bits per heavy atom. The van der Waals surface area contributed by atoms with E-state index < -0.39 is 0 Å². The minimum absolute atomic E-state index is 0.0125. The van der Waals surface area contributed by atoms with E-state index in [4.69, 9.17) is 5.73 Å². The fourth-order valence-electron chi connectivity index (χ4n) is 2.50. The zero-order chi connectivity index (χ0) is 15.1. The first kappa shape index (κ1) is 16.7. The van der Waals surface area contributed by atoms with Crippen molar-refractivity contribution in [3.05, 3.63) is 22.7 Å². The second-order valence-corrected chi connectivity index (χ2v) is 5.55. The Bertz CT molecular complexity index is 451. The number of anilines is 1. The van der Waals surface area contributed by atoms with Crippen LogP contribution in [0.2, 0.25) is 0 Å². The van der Waals surface area contributed by atoms with Gasteiger partial charge in [-0.2, -0.15) is 0 Å². The van der Waals surface area contributed by atoms with Crippen LogP contribution in [0.15, 0.2) is 17.2 Å². The quantitative estimate of drug-likeness (QED) is 0.789. The Balaban J connectivity index is 3.16. The third-order valence-corrected chi connectivity index (χ3v) is 3.48. The molecule has 0 spiro atoms. The number of aromatic nitrogens is 2. The molecule has 0 aliphatic heterocycles. The maximum atomic E-state index is 12.6. The highest BCUT2D eigenvalue weighted by Gasteiger charge is 2.20. The van der Waals surface area contributed by atoms with Crippen molar-refractivity contribution in [1.82, 2.24) is 9.55 Å². The Labute approximate surface area is 121 Å². The highest BCUT2D eigenvalue weighted by molar-refractivity contribution is 5.37. The minimum atomic E-state index is -0.0125. The number of hydrogen-bond donors (Lipinski definition) is 1. The van der Waals surface area contributed by atoms with Crippen LogP contribution in [0.5, 0.6) is 0 Å². The summed E-state index contributed by atoms with van der Waals surface area (Å²) in [5.74, 6) is 0.964. The molecule has 2 N–H and O–H groups in total. The van der Waals surface area contributed by atoms with Crippen molar-refractivity contribution in [3.8, 4) is 0 Å². The second-order valence-electron chi connectivity index (χ2n) is 5.55. The van der Waals surface area contributed by atoms with Gasteiger partial charge in [-0.25, -0.2) is 4.98 Å². The predicted octanol–water partition coefficient (Wildman–Crippen LogP) is 1.85. The van der Waals surface area contributed by atoms with Gasteiger partial charge in [0.25, 0.3) is 5.56 Å². The molecule has 0 amide bonds. The molecule has 5 nitrogen and oxygen atoms in total. The molecule has 0 saturated heterocycles. The smallest absolute Gasteiger partial charge is 0.293 e. The van der Waals surface area contributed by atoms with Gasteiger partial charge in [0.1, 0.15) is 0 Å². The first-order valence-electron chi connectivity index (χ1n) is 7.57. The largest absolute Gasteiger partial charge is 0.348 e. The summed E-state index contributed by atoms with van der Waals surface area (Å²) in [5.41, 5.74) is 5.69. The molecule has 1 rings (SSSR count). The van der Waals surface area contributed by atoms with E-state index in [0.717, 1.165) is 12.8 Å². The predicted molar refractivity (Wildman–Crippen MR) is 84.1 cm³/mol. The van der Waals surface area contributed by atoms with Gasteiger partial charge in [-0.05, 0) is 18.8 Å². The lowest BCUT2D eigenvalue weighted by Crippen LogP contribution is -2.43. The second kappa shape index (κ2) is 8.04. The molecular weight excluding hydrogens is 252 g/mol. The molecule has 0 aliphatic carbocycles. The average molecular weight is 280 g/mol. The molecule has 0 saturated carbocycles. The molecule has 1 aromatic heterocycles. The van der Waals surface area contributed by atoms with E-state index in [1.54, 1.807) is 17.0 Å². The maximum Gasteiger partial charge on any atom is 0.293 e. The zero-order valence-electron chi connectivity index (χ0n) is 13.2.